The van der Waals surface area contributed by atoms with Gasteiger partial charge in [0.2, 0.25) is 0 Å². The van der Waals surface area contributed by atoms with E-state index in [1.807, 2.05) is 40.9 Å². The minimum absolute atomic E-state index is 0.0221. The number of rotatable bonds is 3. The normalized spacial score (nSPS) is 21.0. The van der Waals surface area contributed by atoms with E-state index < -0.39 is 0 Å². The molecule has 138 valence electrons. The van der Waals surface area contributed by atoms with Gasteiger partial charge in [-0.15, -0.1) is 0 Å². The van der Waals surface area contributed by atoms with Crippen LogP contribution in [0, 0.1) is 0 Å². The van der Waals surface area contributed by atoms with Gasteiger partial charge >= 0.3 is 0 Å². The lowest BCUT2D eigenvalue weighted by Crippen LogP contribution is -2.45. The molecule has 0 saturated carbocycles. The van der Waals surface area contributed by atoms with Gasteiger partial charge in [-0.3, -0.25) is 4.79 Å². The Kier molecular flexibility index (Phi) is 4.85. The molecule has 4 rings (SSSR count). The number of anilines is 1. The van der Waals surface area contributed by atoms with E-state index in [0.717, 1.165) is 18.9 Å². The largest absolute Gasteiger partial charge is 0.378 e. The lowest BCUT2D eigenvalue weighted by atomic mass is 10.2. The minimum Gasteiger partial charge on any atom is -0.378 e. The van der Waals surface area contributed by atoms with Crippen LogP contribution >= 0.6 is 0 Å². The summed E-state index contributed by atoms with van der Waals surface area (Å²) >= 11 is 0. The maximum atomic E-state index is 13.0. The molecule has 1 atom stereocenters. The zero-order valence-electron chi connectivity index (χ0n) is 14.9. The number of amides is 1. The fourth-order valence-corrected chi connectivity index (χ4v) is 3.38. The van der Waals surface area contributed by atoms with Crippen LogP contribution in [0.25, 0.3) is 0 Å². The number of carbonyl (C=O) groups is 1. The zero-order chi connectivity index (χ0) is 17.9. The summed E-state index contributed by atoms with van der Waals surface area (Å²) in [5.74, 6) is 1.47. The minimum atomic E-state index is -0.285. The summed E-state index contributed by atoms with van der Waals surface area (Å²) in [7, 11) is 1.87. The number of morpholine rings is 2. The summed E-state index contributed by atoms with van der Waals surface area (Å²) < 4.78 is 12.9. The van der Waals surface area contributed by atoms with E-state index in [4.69, 9.17) is 14.5 Å². The highest BCUT2D eigenvalue weighted by atomic mass is 16.5. The fraction of sp³-hybridized carbons (Fsp3) is 0.500. The van der Waals surface area contributed by atoms with Crippen molar-refractivity contribution >= 4 is 11.7 Å². The lowest BCUT2D eigenvalue weighted by Gasteiger charge is -2.35. The molecule has 0 spiro atoms. The van der Waals surface area contributed by atoms with Crippen LogP contribution in [0.4, 0.5) is 5.82 Å². The smallest absolute Gasteiger partial charge is 0.271 e. The molecule has 8 nitrogen and oxygen atoms in total. The molecule has 0 radical (unpaired) electrons. The van der Waals surface area contributed by atoms with E-state index in [1.165, 1.54) is 0 Å². The third-order valence-electron chi connectivity index (χ3n) is 4.84. The topological polar surface area (TPSA) is 72.7 Å². The average Bonchev–Trinajstić information content (AvgIpc) is 3.14. The molecule has 0 unspecified atom stereocenters. The van der Waals surface area contributed by atoms with Crippen LogP contribution in [0.2, 0.25) is 0 Å². The van der Waals surface area contributed by atoms with Crippen LogP contribution in [0.3, 0.4) is 0 Å². The SMILES string of the molecule is Cn1cccc1C(=O)N1CCOC[C@H]1c1nccc(N2CCOCC2)n1. The van der Waals surface area contributed by atoms with Gasteiger partial charge in [-0.2, -0.15) is 0 Å². The van der Waals surface area contributed by atoms with Crippen molar-refractivity contribution in [1.82, 2.24) is 19.4 Å². The van der Waals surface area contributed by atoms with Crippen LogP contribution in [0.15, 0.2) is 30.6 Å². The van der Waals surface area contributed by atoms with Gasteiger partial charge in [0, 0.05) is 39.1 Å². The Bertz CT molecular complexity index is 772. The summed E-state index contributed by atoms with van der Waals surface area (Å²) in [6.45, 7) is 4.47. The highest BCUT2D eigenvalue weighted by molar-refractivity contribution is 5.93. The second-order valence-electron chi connectivity index (χ2n) is 6.47. The summed E-state index contributed by atoms with van der Waals surface area (Å²) in [6, 6.07) is 5.33. The number of hydrogen-bond donors (Lipinski definition) is 0. The molecule has 2 saturated heterocycles. The summed E-state index contributed by atoms with van der Waals surface area (Å²) in [5.41, 5.74) is 0.654. The standard InChI is InChI=1S/C18H23N5O3/c1-21-6-2-3-14(21)18(24)23-9-12-26-13-15(23)17-19-5-4-16(20-17)22-7-10-25-11-8-22/h2-6,15H,7-13H2,1H3/t15-/m0/s1. The number of aryl methyl sites for hydroxylation is 1. The number of nitrogens with zero attached hydrogens (tertiary/aromatic N) is 5. The van der Waals surface area contributed by atoms with Crippen molar-refractivity contribution in [3.05, 3.63) is 42.1 Å². The number of hydrogen-bond acceptors (Lipinski definition) is 6. The van der Waals surface area contributed by atoms with Crippen molar-refractivity contribution in [2.45, 2.75) is 6.04 Å². The lowest BCUT2D eigenvalue weighted by molar-refractivity contribution is -0.00570. The summed E-state index contributed by atoms with van der Waals surface area (Å²) in [4.78, 5) is 26.2. The number of carbonyl (C=O) groups excluding carboxylic acids is 1. The predicted octanol–water partition coefficient (Wildman–Crippen LogP) is 0.865. The van der Waals surface area contributed by atoms with E-state index in [2.05, 4.69) is 9.88 Å². The van der Waals surface area contributed by atoms with Gasteiger partial charge in [0.15, 0.2) is 5.82 Å². The van der Waals surface area contributed by atoms with Crippen LogP contribution in [0.5, 0.6) is 0 Å². The number of aromatic nitrogens is 3. The van der Waals surface area contributed by atoms with E-state index in [-0.39, 0.29) is 11.9 Å². The Hall–Kier alpha value is -2.45. The molecule has 4 heterocycles. The average molecular weight is 357 g/mol. The van der Waals surface area contributed by atoms with Gasteiger partial charge in [0.05, 0.1) is 26.4 Å². The monoisotopic (exact) mass is 357 g/mol. The first-order valence-electron chi connectivity index (χ1n) is 8.90. The van der Waals surface area contributed by atoms with Gasteiger partial charge in [-0.25, -0.2) is 9.97 Å². The highest BCUT2D eigenvalue weighted by Crippen LogP contribution is 2.25. The molecule has 2 aromatic rings. The van der Waals surface area contributed by atoms with Gasteiger partial charge in [0.25, 0.3) is 5.91 Å². The maximum absolute atomic E-state index is 13.0. The van der Waals surface area contributed by atoms with E-state index in [9.17, 15) is 4.79 Å². The Balaban J connectivity index is 1.60. The molecule has 8 heteroatoms. The molecule has 2 aromatic heterocycles. The van der Waals surface area contributed by atoms with Gasteiger partial charge in [0.1, 0.15) is 17.6 Å². The molecule has 0 bridgehead atoms. The molecule has 2 fully saturated rings. The Morgan fingerprint density at radius 3 is 2.73 bits per heavy atom. The van der Waals surface area contributed by atoms with Crippen molar-refractivity contribution in [2.75, 3.05) is 51.0 Å². The fourth-order valence-electron chi connectivity index (χ4n) is 3.38. The zero-order valence-corrected chi connectivity index (χ0v) is 14.9. The molecule has 0 N–H and O–H groups in total. The first-order valence-corrected chi connectivity index (χ1v) is 8.90. The van der Waals surface area contributed by atoms with Gasteiger partial charge < -0.3 is 23.8 Å². The van der Waals surface area contributed by atoms with Crippen LogP contribution in [-0.2, 0) is 16.5 Å². The third-order valence-corrected chi connectivity index (χ3v) is 4.84. The van der Waals surface area contributed by atoms with E-state index in [0.29, 0.717) is 44.5 Å². The van der Waals surface area contributed by atoms with Crippen LogP contribution < -0.4 is 4.90 Å². The van der Waals surface area contributed by atoms with Crippen molar-refractivity contribution < 1.29 is 14.3 Å². The van der Waals surface area contributed by atoms with Gasteiger partial charge in [-0.05, 0) is 18.2 Å². The van der Waals surface area contributed by atoms with Gasteiger partial charge in [-0.1, -0.05) is 0 Å². The Labute approximate surface area is 152 Å². The molecule has 0 aliphatic carbocycles. The first-order chi connectivity index (χ1) is 12.7. The molecule has 2 aliphatic rings. The van der Waals surface area contributed by atoms with Crippen molar-refractivity contribution in [2.24, 2.45) is 7.05 Å². The second kappa shape index (κ2) is 7.43. The van der Waals surface area contributed by atoms with Crippen molar-refractivity contribution in [3.8, 4) is 0 Å². The maximum Gasteiger partial charge on any atom is 0.271 e. The highest BCUT2D eigenvalue weighted by Gasteiger charge is 2.32. The van der Waals surface area contributed by atoms with E-state index >= 15 is 0 Å². The third kappa shape index (κ3) is 3.30. The molecule has 0 aromatic carbocycles. The summed E-state index contributed by atoms with van der Waals surface area (Å²) in [6.07, 6.45) is 3.63. The predicted molar refractivity (Wildman–Crippen MR) is 95.1 cm³/mol. The van der Waals surface area contributed by atoms with Crippen LogP contribution in [-0.4, -0.2) is 71.4 Å². The van der Waals surface area contributed by atoms with E-state index in [1.54, 1.807) is 6.20 Å². The van der Waals surface area contributed by atoms with Crippen molar-refractivity contribution in [1.29, 1.82) is 0 Å². The van der Waals surface area contributed by atoms with Crippen molar-refractivity contribution in [3.63, 3.8) is 0 Å². The number of ether oxygens (including phenoxy) is 2. The second-order valence-corrected chi connectivity index (χ2v) is 6.47. The van der Waals surface area contributed by atoms with Crippen LogP contribution in [0.1, 0.15) is 22.4 Å². The quantitative estimate of drug-likeness (QED) is 0.812. The molecule has 1 amide bonds. The summed E-state index contributed by atoms with van der Waals surface area (Å²) in [5, 5.41) is 0. The molecular formula is C18H23N5O3. The first kappa shape index (κ1) is 17.0. The Morgan fingerprint density at radius 1 is 1.15 bits per heavy atom. The molecule has 2 aliphatic heterocycles. The molecular weight excluding hydrogens is 334 g/mol. The Morgan fingerprint density at radius 2 is 1.96 bits per heavy atom. The molecule has 26 heavy (non-hydrogen) atoms.